The van der Waals surface area contributed by atoms with Gasteiger partial charge in [0, 0.05) is 28.7 Å². The van der Waals surface area contributed by atoms with Crippen LogP contribution in [0.25, 0.3) is 0 Å². The number of hydrogen-bond donors (Lipinski definition) is 1. The summed E-state index contributed by atoms with van der Waals surface area (Å²) in [5.74, 6) is 0.00403. The van der Waals surface area contributed by atoms with Gasteiger partial charge in [-0.15, -0.1) is 11.3 Å². The Bertz CT molecular complexity index is 598. The fourth-order valence-corrected chi connectivity index (χ4v) is 3.02. The number of anilines is 1. The van der Waals surface area contributed by atoms with Gasteiger partial charge in [0.15, 0.2) is 0 Å². The van der Waals surface area contributed by atoms with Gasteiger partial charge in [0.25, 0.3) is 5.91 Å². The molecule has 3 nitrogen and oxygen atoms in total. The van der Waals surface area contributed by atoms with E-state index in [-0.39, 0.29) is 5.91 Å². The molecule has 0 aliphatic heterocycles. The third-order valence-electron chi connectivity index (χ3n) is 3.17. The fourth-order valence-electron chi connectivity index (χ4n) is 2.13. The number of benzene rings is 1. The molecule has 0 atom stereocenters. The molecule has 112 valence electrons. The van der Waals surface area contributed by atoms with Crippen molar-refractivity contribution in [1.29, 1.82) is 0 Å². The topological polar surface area (TPSA) is 32.3 Å². The van der Waals surface area contributed by atoms with Gasteiger partial charge >= 0.3 is 0 Å². The van der Waals surface area contributed by atoms with E-state index in [0.29, 0.717) is 23.7 Å². The van der Waals surface area contributed by atoms with Gasteiger partial charge in [0.1, 0.15) is 0 Å². The van der Waals surface area contributed by atoms with Crippen molar-refractivity contribution in [3.63, 3.8) is 0 Å². The van der Waals surface area contributed by atoms with E-state index < -0.39 is 0 Å². The molecule has 1 heterocycles. The second kappa shape index (κ2) is 7.48. The molecule has 0 saturated carbocycles. The first-order valence-corrected chi connectivity index (χ1v) is 8.26. The van der Waals surface area contributed by atoms with Crippen LogP contribution in [0.3, 0.4) is 0 Å². The Morgan fingerprint density at radius 1 is 1.33 bits per heavy atom. The van der Waals surface area contributed by atoms with Crippen molar-refractivity contribution in [3.8, 4) is 0 Å². The van der Waals surface area contributed by atoms with Crippen molar-refractivity contribution in [3.05, 3.63) is 51.2 Å². The Morgan fingerprint density at radius 3 is 2.76 bits per heavy atom. The largest absolute Gasteiger partial charge is 0.385 e. The summed E-state index contributed by atoms with van der Waals surface area (Å²) in [5.41, 5.74) is 1.46. The zero-order chi connectivity index (χ0) is 15.2. The minimum absolute atomic E-state index is 0.00403. The van der Waals surface area contributed by atoms with Crippen molar-refractivity contribution in [2.24, 2.45) is 0 Å². The van der Waals surface area contributed by atoms with Gasteiger partial charge in [-0.25, -0.2) is 0 Å². The number of rotatable bonds is 6. The summed E-state index contributed by atoms with van der Waals surface area (Å²) in [7, 11) is 0. The molecular formula is C16H19ClN2OS. The molecule has 0 spiro atoms. The van der Waals surface area contributed by atoms with Crippen molar-refractivity contribution >= 4 is 34.5 Å². The standard InChI is InChI=1S/C16H19ClN2OS/c1-3-18-15-8-7-12(17)10-14(15)16(20)19(4-2)11-13-6-5-9-21-13/h5-10,18H,3-4,11H2,1-2H3. The minimum Gasteiger partial charge on any atom is -0.385 e. The van der Waals surface area contributed by atoms with Crippen LogP contribution in [0.15, 0.2) is 35.7 Å². The molecule has 0 aliphatic rings. The average molecular weight is 323 g/mol. The van der Waals surface area contributed by atoms with Crippen LogP contribution in [0.1, 0.15) is 29.1 Å². The monoisotopic (exact) mass is 322 g/mol. The number of carbonyl (C=O) groups is 1. The third kappa shape index (κ3) is 3.99. The maximum Gasteiger partial charge on any atom is 0.256 e. The second-order valence-electron chi connectivity index (χ2n) is 4.62. The predicted molar refractivity (Wildman–Crippen MR) is 90.3 cm³/mol. The fraction of sp³-hybridized carbons (Fsp3) is 0.312. The summed E-state index contributed by atoms with van der Waals surface area (Å²) in [6.45, 7) is 6.05. The van der Waals surface area contributed by atoms with Gasteiger partial charge in [-0.3, -0.25) is 4.79 Å². The first-order chi connectivity index (χ1) is 10.2. The first-order valence-electron chi connectivity index (χ1n) is 7.00. The SMILES string of the molecule is CCNc1ccc(Cl)cc1C(=O)N(CC)Cc1cccs1. The molecule has 0 radical (unpaired) electrons. The maximum atomic E-state index is 12.8. The van der Waals surface area contributed by atoms with E-state index in [0.717, 1.165) is 12.2 Å². The highest BCUT2D eigenvalue weighted by Crippen LogP contribution is 2.23. The van der Waals surface area contributed by atoms with Crippen LogP contribution in [0.4, 0.5) is 5.69 Å². The molecule has 2 aromatic rings. The first kappa shape index (κ1) is 15.9. The molecule has 2 rings (SSSR count). The number of thiophene rings is 1. The quantitative estimate of drug-likeness (QED) is 0.849. The van der Waals surface area contributed by atoms with Gasteiger partial charge in [-0.2, -0.15) is 0 Å². The number of nitrogens with zero attached hydrogens (tertiary/aromatic N) is 1. The highest BCUT2D eigenvalue weighted by atomic mass is 35.5. The van der Waals surface area contributed by atoms with E-state index in [2.05, 4.69) is 5.32 Å². The average Bonchev–Trinajstić information content (AvgIpc) is 2.99. The Kier molecular flexibility index (Phi) is 5.65. The van der Waals surface area contributed by atoms with Crippen LogP contribution in [0.5, 0.6) is 0 Å². The molecule has 0 unspecified atom stereocenters. The minimum atomic E-state index is 0.00403. The molecule has 0 saturated heterocycles. The lowest BCUT2D eigenvalue weighted by molar-refractivity contribution is 0.0755. The molecule has 1 amide bonds. The van der Waals surface area contributed by atoms with Crippen LogP contribution in [0.2, 0.25) is 5.02 Å². The summed E-state index contributed by atoms with van der Waals surface area (Å²) in [6, 6.07) is 9.44. The summed E-state index contributed by atoms with van der Waals surface area (Å²) in [6.07, 6.45) is 0. The van der Waals surface area contributed by atoms with Crippen LogP contribution >= 0.6 is 22.9 Å². The van der Waals surface area contributed by atoms with Crippen molar-refractivity contribution in [2.45, 2.75) is 20.4 Å². The third-order valence-corrected chi connectivity index (χ3v) is 4.27. The molecule has 1 aromatic heterocycles. The van der Waals surface area contributed by atoms with Crippen LogP contribution in [-0.4, -0.2) is 23.9 Å². The molecular weight excluding hydrogens is 304 g/mol. The number of halogens is 1. The summed E-state index contributed by atoms with van der Waals surface area (Å²) in [4.78, 5) is 15.8. The Morgan fingerprint density at radius 2 is 2.14 bits per heavy atom. The zero-order valence-corrected chi connectivity index (χ0v) is 13.8. The van der Waals surface area contributed by atoms with E-state index in [9.17, 15) is 4.79 Å². The number of amides is 1. The van der Waals surface area contributed by atoms with Gasteiger partial charge in [-0.1, -0.05) is 17.7 Å². The Hall–Kier alpha value is -1.52. The second-order valence-corrected chi connectivity index (χ2v) is 6.09. The molecule has 1 N–H and O–H groups in total. The van der Waals surface area contributed by atoms with E-state index in [1.54, 1.807) is 23.5 Å². The molecule has 0 bridgehead atoms. The summed E-state index contributed by atoms with van der Waals surface area (Å²) < 4.78 is 0. The molecule has 21 heavy (non-hydrogen) atoms. The molecule has 0 fully saturated rings. The van der Waals surface area contributed by atoms with Crippen molar-refractivity contribution < 1.29 is 4.79 Å². The number of nitrogens with one attached hydrogen (secondary N) is 1. The summed E-state index contributed by atoms with van der Waals surface area (Å²) >= 11 is 7.72. The van der Waals surface area contributed by atoms with Gasteiger partial charge < -0.3 is 10.2 Å². The molecule has 0 aliphatic carbocycles. The lowest BCUT2D eigenvalue weighted by Crippen LogP contribution is -2.30. The van der Waals surface area contributed by atoms with E-state index in [1.165, 1.54) is 4.88 Å². The van der Waals surface area contributed by atoms with Crippen LogP contribution < -0.4 is 5.32 Å². The smallest absolute Gasteiger partial charge is 0.256 e. The lowest BCUT2D eigenvalue weighted by Gasteiger charge is -2.22. The number of carbonyl (C=O) groups excluding carboxylic acids is 1. The highest BCUT2D eigenvalue weighted by Gasteiger charge is 2.18. The van der Waals surface area contributed by atoms with Crippen molar-refractivity contribution in [1.82, 2.24) is 4.90 Å². The molecule has 1 aromatic carbocycles. The van der Waals surface area contributed by atoms with Crippen molar-refractivity contribution in [2.75, 3.05) is 18.4 Å². The number of hydrogen-bond acceptors (Lipinski definition) is 3. The lowest BCUT2D eigenvalue weighted by atomic mass is 10.1. The van der Waals surface area contributed by atoms with Crippen LogP contribution in [0, 0.1) is 0 Å². The van der Waals surface area contributed by atoms with Gasteiger partial charge in [0.2, 0.25) is 0 Å². The molecule has 5 heteroatoms. The predicted octanol–water partition coefficient (Wildman–Crippen LogP) is 4.50. The highest BCUT2D eigenvalue weighted by molar-refractivity contribution is 7.09. The van der Waals surface area contributed by atoms with E-state index in [1.807, 2.05) is 42.3 Å². The van der Waals surface area contributed by atoms with E-state index >= 15 is 0 Å². The van der Waals surface area contributed by atoms with Crippen LogP contribution in [-0.2, 0) is 6.54 Å². The van der Waals surface area contributed by atoms with Gasteiger partial charge in [-0.05, 0) is 43.5 Å². The Balaban J connectivity index is 2.26. The van der Waals surface area contributed by atoms with Gasteiger partial charge in [0.05, 0.1) is 12.1 Å². The normalized spacial score (nSPS) is 10.4. The van der Waals surface area contributed by atoms with E-state index in [4.69, 9.17) is 11.6 Å². The zero-order valence-electron chi connectivity index (χ0n) is 12.2. The summed E-state index contributed by atoms with van der Waals surface area (Å²) in [5, 5.41) is 5.82. The maximum absolute atomic E-state index is 12.8. The Labute approximate surface area is 134 Å².